The summed E-state index contributed by atoms with van der Waals surface area (Å²) in [7, 11) is 0. The van der Waals surface area contributed by atoms with Gasteiger partial charge in [0.2, 0.25) is 11.8 Å². The summed E-state index contributed by atoms with van der Waals surface area (Å²) >= 11 is 7.91. The number of rotatable bonds is 5. The molecule has 1 aliphatic carbocycles. The molecule has 3 aromatic rings. The van der Waals surface area contributed by atoms with Crippen LogP contribution in [0.2, 0.25) is 5.15 Å². The number of imide groups is 1. The third kappa shape index (κ3) is 5.14. The zero-order valence-corrected chi connectivity index (χ0v) is 25.1. The molecule has 5 heterocycles. The maximum absolute atomic E-state index is 12.8. The van der Waals surface area contributed by atoms with E-state index in [1.54, 1.807) is 17.5 Å². The second kappa shape index (κ2) is 11.4. The van der Waals surface area contributed by atoms with Crippen molar-refractivity contribution in [2.45, 2.75) is 33.4 Å². The molecule has 0 aromatic carbocycles. The SMILES string of the molecule is Cc1cc(Cl)nc(-c2ccnc3cc(CN4C(=O)C5C(C4=O)C5(C)C)sc23)c1NC1CNC1.Cl.Cl.Cl.Cl. The number of thiophene rings is 1. The van der Waals surface area contributed by atoms with Crippen LogP contribution in [-0.4, -0.2) is 45.8 Å². The molecule has 2 unspecified atom stereocenters. The van der Waals surface area contributed by atoms with Crippen molar-refractivity contribution in [2.24, 2.45) is 17.3 Å². The lowest BCUT2D eigenvalue weighted by Gasteiger charge is -2.30. The summed E-state index contributed by atoms with van der Waals surface area (Å²) in [5.41, 5.74) is 4.38. The van der Waals surface area contributed by atoms with Gasteiger partial charge in [-0.2, -0.15) is 0 Å². The fraction of sp³-hybridized carbons (Fsp3) is 0.417. The average molecular weight is 628 g/mol. The Hall–Kier alpha value is -1.39. The summed E-state index contributed by atoms with van der Waals surface area (Å²) in [6.07, 6.45) is 1.77. The van der Waals surface area contributed by atoms with Crippen LogP contribution < -0.4 is 10.6 Å². The van der Waals surface area contributed by atoms with E-state index in [2.05, 4.69) is 20.6 Å². The molecule has 37 heavy (non-hydrogen) atoms. The minimum Gasteiger partial charge on any atom is -0.378 e. The Morgan fingerprint density at radius 1 is 1.14 bits per heavy atom. The third-order valence-electron chi connectivity index (χ3n) is 7.24. The maximum Gasteiger partial charge on any atom is 0.234 e. The summed E-state index contributed by atoms with van der Waals surface area (Å²) in [5, 5.41) is 7.33. The van der Waals surface area contributed by atoms with Gasteiger partial charge < -0.3 is 10.6 Å². The minimum absolute atomic E-state index is 0. The molecule has 1 saturated carbocycles. The van der Waals surface area contributed by atoms with Crippen LogP contribution in [0, 0.1) is 24.2 Å². The molecule has 0 bridgehead atoms. The van der Waals surface area contributed by atoms with Crippen LogP contribution in [0.25, 0.3) is 21.5 Å². The first-order chi connectivity index (χ1) is 15.8. The van der Waals surface area contributed by atoms with E-state index in [-0.39, 0.29) is 78.7 Å². The number of fused-ring (bicyclic) bond motifs is 2. The number of carbonyl (C=O) groups is 2. The van der Waals surface area contributed by atoms with Gasteiger partial charge in [0.1, 0.15) is 5.15 Å². The first kappa shape index (κ1) is 31.8. The van der Waals surface area contributed by atoms with Gasteiger partial charge in [0.25, 0.3) is 0 Å². The highest BCUT2D eigenvalue weighted by atomic mass is 35.5. The molecule has 0 spiro atoms. The summed E-state index contributed by atoms with van der Waals surface area (Å²) in [4.78, 5) is 37.2. The minimum atomic E-state index is -0.199. The number of nitrogens with zero attached hydrogens (tertiary/aromatic N) is 3. The van der Waals surface area contributed by atoms with Crippen molar-refractivity contribution in [3.8, 4) is 11.3 Å². The van der Waals surface area contributed by atoms with E-state index in [0.717, 1.165) is 50.7 Å². The Morgan fingerprint density at radius 3 is 2.38 bits per heavy atom. The predicted octanol–water partition coefficient (Wildman–Crippen LogP) is 5.53. The van der Waals surface area contributed by atoms with Crippen molar-refractivity contribution in [2.75, 3.05) is 18.4 Å². The van der Waals surface area contributed by atoms with Crippen LogP contribution in [0.1, 0.15) is 24.3 Å². The van der Waals surface area contributed by atoms with Gasteiger partial charge in [0.15, 0.2) is 0 Å². The van der Waals surface area contributed by atoms with E-state index < -0.39 is 0 Å². The van der Waals surface area contributed by atoms with Gasteiger partial charge in [-0.3, -0.25) is 19.5 Å². The van der Waals surface area contributed by atoms with Crippen LogP contribution in [-0.2, 0) is 16.1 Å². The molecule has 3 aliphatic rings. The van der Waals surface area contributed by atoms with Gasteiger partial charge in [0, 0.05) is 29.7 Å². The maximum atomic E-state index is 12.8. The Bertz CT molecular complexity index is 1320. The van der Waals surface area contributed by atoms with Crippen LogP contribution in [0.15, 0.2) is 24.4 Å². The van der Waals surface area contributed by atoms with E-state index in [1.165, 1.54) is 4.90 Å². The highest BCUT2D eigenvalue weighted by molar-refractivity contribution is 7.19. The molecule has 6 rings (SSSR count). The van der Waals surface area contributed by atoms with Crippen molar-refractivity contribution in [1.29, 1.82) is 0 Å². The smallest absolute Gasteiger partial charge is 0.234 e. The molecule has 2 amide bonds. The Morgan fingerprint density at radius 2 is 1.78 bits per heavy atom. The molecule has 2 atom stereocenters. The molecular weight excluding hydrogens is 600 g/mol. The second-order valence-electron chi connectivity index (χ2n) is 9.81. The van der Waals surface area contributed by atoms with Crippen LogP contribution in [0.4, 0.5) is 5.69 Å². The number of amides is 2. The van der Waals surface area contributed by atoms with E-state index in [1.807, 2.05) is 39.0 Å². The van der Waals surface area contributed by atoms with Gasteiger partial charge >= 0.3 is 0 Å². The quantitative estimate of drug-likeness (QED) is 0.286. The number of hydrogen-bond acceptors (Lipinski definition) is 7. The van der Waals surface area contributed by atoms with Crippen LogP contribution >= 0.6 is 72.6 Å². The van der Waals surface area contributed by atoms with Crippen molar-refractivity contribution in [3.63, 3.8) is 0 Å². The number of aromatic nitrogens is 2. The van der Waals surface area contributed by atoms with Gasteiger partial charge in [-0.25, -0.2) is 4.98 Å². The molecule has 2 N–H and O–H groups in total. The number of halogens is 5. The topological polar surface area (TPSA) is 87.2 Å². The summed E-state index contributed by atoms with van der Waals surface area (Å²) < 4.78 is 0.973. The number of anilines is 1. The molecule has 3 fully saturated rings. The largest absolute Gasteiger partial charge is 0.378 e. The second-order valence-corrected chi connectivity index (χ2v) is 11.3. The number of carbonyl (C=O) groups excluding carboxylic acids is 2. The third-order valence-corrected chi connectivity index (χ3v) is 8.57. The van der Waals surface area contributed by atoms with Crippen LogP contribution in [0.5, 0.6) is 0 Å². The number of aryl methyl sites for hydroxylation is 1. The Kier molecular flexibility index (Phi) is 9.79. The number of piperidine rings is 1. The van der Waals surface area contributed by atoms with Gasteiger partial charge in [0.05, 0.1) is 46.0 Å². The highest BCUT2D eigenvalue weighted by Crippen LogP contribution is 2.63. The zero-order valence-electron chi connectivity index (χ0n) is 20.2. The van der Waals surface area contributed by atoms with E-state index in [9.17, 15) is 9.59 Å². The molecule has 0 radical (unpaired) electrons. The molecular formula is C24H28Cl5N5O2S. The lowest BCUT2D eigenvalue weighted by molar-refractivity contribution is -0.143. The standard InChI is InChI=1S/C24H24ClN5O2S.4ClH/c1-11-6-16(25)29-20(19(11)28-12-8-26-9-12)14-4-5-27-15-7-13(33-21(14)15)10-30-22(31)17-18(23(30)32)24(17,2)3;;;;/h4-7,12,17-18,26,28H,8-10H2,1-3H3;4*1H. The number of nitrogens with one attached hydrogen (secondary N) is 2. The summed E-state index contributed by atoms with van der Waals surface area (Å²) in [6, 6.07) is 6.15. The van der Waals surface area contributed by atoms with Gasteiger partial charge in [-0.15, -0.1) is 61.0 Å². The fourth-order valence-corrected chi connectivity index (χ4v) is 6.54. The summed E-state index contributed by atoms with van der Waals surface area (Å²) in [6.45, 7) is 8.14. The molecule has 3 aromatic heterocycles. The first-order valence-electron chi connectivity index (χ1n) is 11.1. The van der Waals surface area contributed by atoms with Gasteiger partial charge in [-0.1, -0.05) is 25.4 Å². The lowest BCUT2D eigenvalue weighted by Crippen LogP contribution is -2.51. The van der Waals surface area contributed by atoms with Crippen molar-refractivity contribution >= 4 is 100 Å². The van der Waals surface area contributed by atoms with Gasteiger partial charge in [-0.05, 0) is 36.1 Å². The highest BCUT2D eigenvalue weighted by Gasteiger charge is 2.72. The Labute approximate surface area is 249 Å². The number of likely N-dealkylation sites (tertiary alicyclic amines) is 1. The molecule has 202 valence electrons. The molecule has 13 heteroatoms. The molecule has 7 nitrogen and oxygen atoms in total. The molecule has 2 aliphatic heterocycles. The number of pyridine rings is 2. The van der Waals surface area contributed by atoms with Crippen molar-refractivity contribution in [3.05, 3.63) is 40.0 Å². The average Bonchev–Trinajstić information content (AvgIpc) is 2.99. The zero-order chi connectivity index (χ0) is 23.1. The lowest BCUT2D eigenvalue weighted by atomic mass is 10.0. The number of hydrogen-bond donors (Lipinski definition) is 2. The Balaban J connectivity index is 0.00000120. The molecule has 2 saturated heterocycles. The monoisotopic (exact) mass is 625 g/mol. The van der Waals surface area contributed by atoms with Crippen molar-refractivity contribution < 1.29 is 9.59 Å². The first-order valence-corrected chi connectivity index (χ1v) is 12.3. The van der Waals surface area contributed by atoms with E-state index >= 15 is 0 Å². The fourth-order valence-electron chi connectivity index (χ4n) is 5.17. The summed E-state index contributed by atoms with van der Waals surface area (Å²) in [5.74, 6) is -0.426. The predicted molar refractivity (Wildman–Crippen MR) is 158 cm³/mol. The van der Waals surface area contributed by atoms with E-state index in [0.29, 0.717) is 17.7 Å². The van der Waals surface area contributed by atoms with E-state index in [4.69, 9.17) is 11.6 Å². The van der Waals surface area contributed by atoms with Crippen molar-refractivity contribution in [1.82, 2.24) is 20.2 Å². The van der Waals surface area contributed by atoms with Crippen LogP contribution in [0.3, 0.4) is 0 Å². The normalized spacial score (nSPS) is 21.1.